The van der Waals surface area contributed by atoms with Crippen LogP contribution in [0.4, 0.5) is 5.82 Å². The molecule has 0 bridgehead atoms. The second-order valence-corrected chi connectivity index (χ2v) is 5.75. The number of halogens is 1. The summed E-state index contributed by atoms with van der Waals surface area (Å²) in [6.07, 6.45) is 9.02. The number of piperidine rings is 1. The molecule has 0 spiro atoms. The highest BCUT2D eigenvalue weighted by Gasteiger charge is 2.29. The number of likely N-dealkylation sites (tertiary alicyclic amines) is 1. The SMILES string of the molecule is ClCc1cnc(N2CCC(N3CCCCC3)C2)cn1. The van der Waals surface area contributed by atoms with Crippen molar-refractivity contribution < 1.29 is 0 Å². The van der Waals surface area contributed by atoms with Crippen molar-refractivity contribution in [3.05, 3.63) is 18.1 Å². The molecule has 3 rings (SSSR count). The van der Waals surface area contributed by atoms with Gasteiger partial charge in [0.2, 0.25) is 0 Å². The first-order valence-electron chi connectivity index (χ1n) is 7.22. The third-order valence-corrected chi connectivity index (χ3v) is 4.50. The van der Waals surface area contributed by atoms with Crippen LogP contribution < -0.4 is 4.90 Å². The largest absolute Gasteiger partial charge is 0.354 e. The number of alkyl halides is 1. The van der Waals surface area contributed by atoms with Crippen LogP contribution in [0.1, 0.15) is 31.4 Å². The highest BCUT2D eigenvalue weighted by molar-refractivity contribution is 6.16. The molecule has 4 nitrogen and oxygen atoms in total. The van der Waals surface area contributed by atoms with E-state index in [0.29, 0.717) is 11.9 Å². The topological polar surface area (TPSA) is 32.3 Å². The molecule has 19 heavy (non-hydrogen) atoms. The molecule has 1 atom stereocenters. The predicted octanol–water partition coefficient (Wildman–Crippen LogP) is 2.28. The Morgan fingerprint density at radius 2 is 1.95 bits per heavy atom. The van der Waals surface area contributed by atoms with Gasteiger partial charge in [-0.2, -0.15) is 0 Å². The molecule has 1 aromatic rings. The van der Waals surface area contributed by atoms with Crippen LogP contribution in [0.3, 0.4) is 0 Å². The molecule has 3 heterocycles. The molecule has 2 aliphatic rings. The molecule has 1 aromatic heterocycles. The van der Waals surface area contributed by atoms with Crippen molar-refractivity contribution in [1.29, 1.82) is 0 Å². The van der Waals surface area contributed by atoms with E-state index in [-0.39, 0.29) is 0 Å². The minimum absolute atomic E-state index is 0.434. The minimum Gasteiger partial charge on any atom is -0.354 e. The summed E-state index contributed by atoms with van der Waals surface area (Å²) in [5, 5.41) is 0. The molecule has 2 fully saturated rings. The number of nitrogens with zero attached hydrogens (tertiary/aromatic N) is 4. The number of aromatic nitrogens is 2. The van der Waals surface area contributed by atoms with Crippen molar-refractivity contribution in [2.75, 3.05) is 31.1 Å². The summed E-state index contributed by atoms with van der Waals surface area (Å²) in [5.41, 5.74) is 0.845. The molecular formula is C14H21ClN4. The summed E-state index contributed by atoms with van der Waals surface area (Å²) in [6, 6.07) is 0.704. The summed E-state index contributed by atoms with van der Waals surface area (Å²) in [7, 11) is 0. The van der Waals surface area contributed by atoms with E-state index in [1.165, 1.54) is 38.8 Å². The van der Waals surface area contributed by atoms with Gasteiger partial charge in [-0.25, -0.2) is 4.98 Å². The monoisotopic (exact) mass is 280 g/mol. The van der Waals surface area contributed by atoms with E-state index in [2.05, 4.69) is 19.8 Å². The molecule has 0 amide bonds. The van der Waals surface area contributed by atoms with Gasteiger partial charge in [-0.15, -0.1) is 11.6 Å². The van der Waals surface area contributed by atoms with Crippen LogP contribution in [-0.4, -0.2) is 47.1 Å². The lowest BCUT2D eigenvalue weighted by molar-refractivity contribution is 0.175. The number of hydrogen-bond donors (Lipinski definition) is 0. The first-order chi connectivity index (χ1) is 9.36. The molecule has 0 saturated carbocycles. The van der Waals surface area contributed by atoms with Gasteiger partial charge in [-0.3, -0.25) is 9.88 Å². The molecule has 2 aliphatic heterocycles. The van der Waals surface area contributed by atoms with E-state index < -0.39 is 0 Å². The maximum Gasteiger partial charge on any atom is 0.147 e. The third kappa shape index (κ3) is 3.00. The van der Waals surface area contributed by atoms with Crippen LogP contribution >= 0.6 is 11.6 Å². The van der Waals surface area contributed by atoms with Crippen LogP contribution in [0.5, 0.6) is 0 Å². The second-order valence-electron chi connectivity index (χ2n) is 5.48. The van der Waals surface area contributed by atoms with Crippen LogP contribution in [0.2, 0.25) is 0 Å². The van der Waals surface area contributed by atoms with Gasteiger partial charge in [0, 0.05) is 19.1 Å². The lowest BCUT2D eigenvalue weighted by Gasteiger charge is -2.32. The maximum atomic E-state index is 5.74. The molecule has 1 unspecified atom stereocenters. The molecule has 0 N–H and O–H groups in total. The smallest absolute Gasteiger partial charge is 0.147 e. The molecule has 0 aliphatic carbocycles. The Morgan fingerprint density at radius 1 is 1.11 bits per heavy atom. The summed E-state index contributed by atoms with van der Waals surface area (Å²) >= 11 is 5.74. The van der Waals surface area contributed by atoms with E-state index in [0.717, 1.165) is 24.6 Å². The van der Waals surface area contributed by atoms with Gasteiger partial charge in [0.15, 0.2) is 0 Å². The molecular weight excluding hydrogens is 260 g/mol. The van der Waals surface area contributed by atoms with Gasteiger partial charge in [-0.1, -0.05) is 6.42 Å². The Labute approximate surface area is 119 Å². The highest BCUT2D eigenvalue weighted by Crippen LogP contribution is 2.23. The van der Waals surface area contributed by atoms with Gasteiger partial charge in [0.1, 0.15) is 5.82 Å². The molecule has 5 heteroatoms. The van der Waals surface area contributed by atoms with Crippen LogP contribution in [-0.2, 0) is 5.88 Å². The fraction of sp³-hybridized carbons (Fsp3) is 0.714. The van der Waals surface area contributed by atoms with Crippen LogP contribution in [0, 0.1) is 0 Å². The summed E-state index contributed by atoms with van der Waals surface area (Å²) in [5.74, 6) is 1.43. The highest BCUT2D eigenvalue weighted by atomic mass is 35.5. The standard InChI is InChI=1S/C14H21ClN4/c15-8-12-9-17-14(10-16-12)19-7-4-13(11-19)18-5-2-1-3-6-18/h9-10,13H,1-8,11H2. The lowest BCUT2D eigenvalue weighted by atomic mass is 10.1. The van der Waals surface area contributed by atoms with Gasteiger partial charge in [-0.05, 0) is 32.4 Å². The fourth-order valence-corrected chi connectivity index (χ4v) is 3.25. The Kier molecular flexibility index (Phi) is 4.18. The molecule has 2 saturated heterocycles. The first kappa shape index (κ1) is 13.1. The molecule has 0 radical (unpaired) electrons. The first-order valence-corrected chi connectivity index (χ1v) is 7.76. The van der Waals surface area contributed by atoms with E-state index >= 15 is 0 Å². The summed E-state index contributed by atoms with van der Waals surface area (Å²) in [4.78, 5) is 13.8. The van der Waals surface area contributed by atoms with Crippen molar-refractivity contribution in [3.63, 3.8) is 0 Å². The Hall–Kier alpha value is -0.870. The van der Waals surface area contributed by atoms with Crippen molar-refractivity contribution in [2.45, 2.75) is 37.6 Å². The average Bonchev–Trinajstić information content (AvgIpc) is 2.98. The van der Waals surface area contributed by atoms with E-state index in [1.807, 2.05) is 6.20 Å². The number of hydrogen-bond acceptors (Lipinski definition) is 4. The van der Waals surface area contributed by atoms with Crippen LogP contribution in [0.15, 0.2) is 12.4 Å². The van der Waals surface area contributed by atoms with Crippen molar-refractivity contribution >= 4 is 17.4 Å². The van der Waals surface area contributed by atoms with E-state index in [9.17, 15) is 0 Å². The summed E-state index contributed by atoms with van der Waals surface area (Å²) in [6.45, 7) is 4.73. The van der Waals surface area contributed by atoms with Gasteiger partial charge < -0.3 is 4.90 Å². The average molecular weight is 281 g/mol. The summed E-state index contributed by atoms with van der Waals surface area (Å²) < 4.78 is 0. The Morgan fingerprint density at radius 3 is 2.63 bits per heavy atom. The Bertz CT molecular complexity index is 402. The fourth-order valence-electron chi connectivity index (χ4n) is 3.11. The zero-order valence-corrected chi connectivity index (χ0v) is 12.0. The lowest BCUT2D eigenvalue weighted by Crippen LogP contribution is -2.40. The van der Waals surface area contributed by atoms with Crippen molar-refractivity contribution in [3.8, 4) is 0 Å². The molecule has 104 valence electrons. The quantitative estimate of drug-likeness (QED) is 0.795. The van der Waals surface area contributed by atoms with E-state index in [1.54, 1.807) is 6.20 Å². The van der Waals surface area contributed by atoms with E-state index in [4.69, 9.17) is 11.6 Å². The van der Waals surface area contributed by atoms with Crippen molar-refractivity contribution in [2.24, 2.45) is 0 Å². The zero-order valence-electron chi connectivity index (χ0n) is 11.3. The maximum absolute atomic E-state index is 5.74. The minimum atomic E-state index is 0.434. The normalized spacial score (nSPS) is 24.9. The van der Waals surface area contributed by atoms with Crippen LogP contribution in [0.25, 0.3) is 0 Å². The van der Waals surface area contributed by atoms with Gasteiger partial charge in [0.05, 0.1) is 24.0 Å². The zero-order chi connectivity index (χ0) is 13.1. The predicted molar refractivity (Wildman–Crippen MR) is 77.6 cm³/mol. The van der Waals surface area contributed by atoms with Gasteiger partial charge in [0.25, 0.3) is 0 Å². The van der Waals surface area contributed by atoms with Crippen molar-refractivity contribution in [1.82, 2.24) is 14.9 Å². The molecule has 0 aromatic carbocycles. The Balaban J connectivity index is 1.61. The number of rotatable bonds is 3. The second kappa shape index (κ2) is 6.06. The number of anilines is 1. The van der Waals surface area contributed by atoms with Gasteiger partial charge >= 0.3 is 0 Å². The third-order valence-electron chi connectivity index (χ3n) is 4.22.